The smallest absolute Gasteiger partial charge is 0.321 e. The van der Waals surface area contributed by atoms with E-state index in [2.05, 4.69) is 10.6 Å². The zero-order valence-corrected chi connectivity index (χ0v) is 13.4. The number of carbonyl (C=O) groups is 3. The normalized spacial score (nSPS) is 16.0. The van der Waals surface area contributed by atoms with Gasteiger partial charge in [-0.1, -0.05) is 13.3 Å². The predicted octanol–water partition coefficient (Wildman–Crippen LogP) is -2.01. The number of hydrogen-bond donors (Lipinski definition) is 3. The highest BCUT2D eigenvalue weighted by molar-refractivity contribution is 5.94. The van der Waals surface area contributed by atoms with E-state index in [-0.39, 0.29) is 24.9 Å². The molecule has 8 heteroatoms. The standard InChI is InChI=1S/C14H26N4O4/c1-3-4-5-15-14(21)16-12(19)10-17(2)11-13(20)18-6-8-22-9-7-18/h3-11H2,1-2H3,(H2,15,16,19,21)/p+1. The summed E-state index contributed by atoms with van der Waals surface area (Å²) in [6.07, 6.45) is 1.85. The second-order valence-electron chi connectivity index (χ2n) is 5.46. The van der Waals surface area contributed by atoms with Crippen LogP contribution in [0.2, 0.25) is 0 Å². The Hall–Kier alpha value is -1.67. The van der Waals surface area contributed by atoms with Crippen LogP contribution in [0.25, 0.3) is 0 Å². The summed E-state index contributed by atoms with van der Waals surface area (Å²) in [7, 11) is 1.76. The molecule has 1 heterocycles. The third-order valence-electron chi connectivity index (χ3n) is 3.35. The van der Waals surface area contributed by atoms with Crippen LogP contribution in [0.3, 0.4) is 0 Å². The number of nitrogens with one attached hydrogen (secondary N) is 3. The lowest BCUT2D eigenvalue weighted by molar-refractivity contribution is -0.862. The van der Waals surface area contributed by atoms with Gasteiger partial charge in [-0.25, -0.2) is 4.79 Å². The number of unbranched alkanes of at least 4 members (excludes halogenated alkanes) is 1. The Morgan fingerprint density at radius 2 is 1.86 bits per heavy atom. The molecule has 0 aromatic carbocycles. The molecule has 1 atom stereocenters. The fraction of sp³-hybridized carbons (Fsp3) is 0.786. The molecule has 0 saturated carbocycles. The molecule has 1 saturated heterocycles. The van der Waals surface area contributed by atoms with E-state index in [4.69, 9.17) is 4.74 Å². The van der Waals surface area contributed by atoms with Crippen molar-refractivity contribution < 1.29 is 24.0 Å². The maximum Gasteiger partial charge on any atom is 0.321 e. The Morgan fingerprint density at radius 1 is 1.18 bits per heavy atom. The molecule has 1 unspecified atom stereocenters. The van der Waals surface area contributed by atoms with Gasteiger partial charge in [0.1, 0.15) is 0 Å². The van der Waals surface area contributed by atoms with Crippen LogP contribution in [0.15, 0.2) is 0 Å². The lowest BCUT2D eigenvalue weighted by atomic mass is 10.3. The largest absolute Gasteiger partial charge is 0.378 e. The van der Waals surface area contributed by atoms with Gasteiger partial charge in [0, 0.05) is 19.6 Å². The molecule has 0 aromatic heterocycles. The molecule has 126 valence electrons. The second-order valence-corrected chi connectivity index (χ2v) is 5.46. The van der Waals surface area contributed by atoms with Crippen LogP contribution in [0.5, 0.6) is 0 Å². The van der Waals surface area contributed by atoms with Crippen molar-refractivity contribution in [3.8, 4) is 0 Å². The third-order valence-corrected chi connectivity index (χ3v) is 3.35. The molecule has 22 heavy (non-hydrogen) atoms. The molecule has 0 aliphatic carbocycles. The van der Waals surface area contributed by atoms with Crippen molar-refractivity contribution in [3.05, 3.63) is 0 Å². The van der Waals surface area contributed by atoms with Crippen LogP contribution in [0.4, 0.5) is 4.79 Å². The molecule has 0 bridgehead atoms. The van der Waals surface area contributed by atoms with Gasteiger partial charge in [0.05, 0.1) is 20.3 Å². The summed E-state index contributed by atoms with van der Waals surface area (Å²) in [5.74, 6) is -0.387. The first-order chi connectivity index (χ1) is 10.5. The number of nitrogens with zero attached hydrogens (tertiary/aromatic N) is 1. The van der Waals surface area contributed by atoms with Gasteiger partial charge in [0.15, 0.2) is 13.1 Å². The first kappa shape index (κ1) is 18.4. The van der Waals surface area contributed by atoms with Gasteiger partial charge in [-0.2, -0.15) is 0 Å². The first-order valence-electron chi connectivity index (χ1n) is 7.77. The van der Waals surface area contributed by atoms with Crippen LogP contribution in [0.1, 0.15) is 19.8 Å². The van der Waals surface area contributed by atoms with Crippen LogP contribution in [-0.4, -0.2) is 75.7 Å². The summed E-state index contributed by atoms with van der Waals surface area (Å²) < 4.78 is 5.19. The Labute approximate surface area is 131 Å². The summed E-state index contributed by atoms with van der Waals surface area (Å²) in [5, 5.41) is 4.88. The quantitative estimate of drug-likeness (QED) is 0.473. The maximum absolute atomic E-state index is 12.0. The highest BCUT2D eigenvalue weighted by Gasteiger charge is 2.21. The second kappa shape index (κ2) is 10.1. The van der Waals surface area contributed by atoms with Crippen molar-refractivity contribution >= 4 is 17.8 Å². The van der Waals surface area contributed by atoms with Crippen LogP contribution < -0.4 is 15.5 Å². The van der Waals surface area contributed by atoms with E-state index in [9.17, 15) is 14.4 Å². The van der Waals surface area contributed by atoms with Gasteiger partial charge in [-0.15, -0.1) is 0 Å². The van der Waals surface area contributed by atoms with Gasteiger partial charge in [-0.3, -0.25) is 14.9 Å². The van der Waals surface area contributed by atoms with Gasteiger partial charge < -0.3 is 19.9 Å². The fourth-order valence-corrected chi connectivity index (χ4v) is 2.11. The molecule has 1 aliphatic heterocycles. The average Bonchev–Trinajstić information content (AvgIpc) is 2.47. The third kappa shape index (κ3) is 7.37. The lowest BCUT2D eigenvalue weighted by Gasteiger charge is -2.27. The number of morpholine rings is 1. The van der Waals surface area contributed by atoms with Gasteiger partial charge in [-0.05, 0) is 6.42 Å². The Kier molecular flexibility index (Phi) is 8.46. The Balaban J connectivity index is 2.22. The lowest BCUT2D eigenvalue weighted by Crippen LogP contribution is -3.11. The summed E-state index contributed by atoms with van der Waals surface area (Å²) in [6, 6.07) is -0.481. The summed E-state index contributed by atoms with van der Waals surface area (Å²) in [4.78, 5) is 37.7. The maximum atomic E-state index is 12.0. The summed E-state index contributed by atoms with van der Waals surface area (Å²) in [5.41, 5.74) is 0. The molecule has 1 rings (SSSR count). The molecule has 0 radical (unpaired) electrons. The molecule has 3 N–H and O–H groups in total. The number of rotatable bonds is 7. The monoisotopic (exact) mass is 315 g/mol. The number of amides is 4. The number of likely N-dealkylation sites (N-methyl/N-ethyl adjacent to an activating group) is 1. The molecule has 0 aromatic rings. The summed E-state index contributed by atoms with van der Waals surface area (Å²) in [6.45, 7) is 5.19. The highest BCUT2D eigenvalue weighted by atomic mass is 16.5. The van der Waals surface area contributed by atoms with Crippen molar-refractivity contribution in [2.24, 2.45) is 0 Å². The zero-order chi connectivity index (χ0) is 16.4. The minimum Gasteiger partial charge on any atom is -0.378 e. The minimum absolute atomic E-state index is 0.000923. The number of urea groups is 1. The number of ether oxygens (including phenoxy) is 1. The number of hydrogen-bond acceptors (Lipinski definition) is 4. The van der Waals surface area contributed by atoms with Crippen molar-refractivity contribution in [3.63, 3.8) is 0 Å². The highest BCUT2D eigenvalue weighted by Crippen LogP contribution is 1.95. The van der Waals surface area contributed by atoms with E-state index >= 15 is 0 Å². The Bertz CT molecular complexity index is 383. The van der Waals surface area contributed by atoms with Crippen LogP contribution in [-0.2, 0) is 14.3 Å². The molecule has 8 nitrogen and oxygen atoms in total. The van der Waals surface area contributed by atoms with Crippen LogP contribution in [0, 0.1) is 0 Å². The van der Waals surface area contributed by atoms with E-state index in [1.165, 1.54) is 0 Å². The number of carbonyl (C=O) groups excluding carboxylic acids is 3. The van der Waals surface area contributed by atoms with Crippen molar-refractivity contribution in [1.29, 1.82) is 0 Å². The van der Waals surface area contributed by atoms with Gasteiger partial charge in [0.2, 0.25) is 0 Å². The van der Waals surface area contributed by atoms with Crippen molar-refractivity contribution in [2.75, 3.05) is 53.0 Å². The van der Waals surface area contributed by atoms with E-state index in [0.717, 1.165) is 17.7 Å². The first-order valence-corrected chi connectivity index (χ1v) is 7.77. The van der Waals surface area contributed by atoms with Gasteiger partial charge in [0.25, 0.3) is 11.8 Å². The number of imide groups is 1. The predicted molar refractivity (Wildman–Crippen MR) is 80.5 cm³/mol. The van der Waals surface area contributed by atoms with Gasteiger partial charge >= 0.3 is 6.03 Å². The van der Waals surface area contributed by atoms with E-state index in [1.807, 2.05) is 6.92 Å². The average molecular weight is 315 g/mol. The molecule has 4 amide bonds. The SMILES string of the molecule is CCCCNC(=O)NC(=O)C[NH+](C)CC(=O)N1CCOCC1. The van der Waals surface area contributed by atoms with Crippen molar-refractivity contribution in [2.45, 2.75) is 19.8 Å². The number of quaternary nitrogens is 1. The molecular formula is C14H27N4O4+. The molecule has 0 spiro atoms. The molecule has 1 aliphatic rings. The molecular weight excluding hydrogens is 288 g/mol. The van der Waals surface area contributed by atoms with E-state index < -0.39 is 6.03 Å². The van der Waals surface area contributed by atoms with Crippen molar-refractivity contribution in [1.82, 2.24) is 15.5 Å². The Morgan fingerprint density at radius 3 is 2.50 bits per heavy atom. The van der Waals surface area contributed by atoms with Crippen LogP contribution >= 0.6 is 0 Å². The molecule has 1 fully saturated rings. The summed E-state index contributed by atoms with van der Waals surface area (Å²) >= 11 is 0. The fourth-order valence-electron chi connectivity index (χ4n) is 2.11. The van der Waals surface area contributed by atoms with E-state index in [1.54, 1.807) is 11.9 Å². The topological polar surface area (TPSA) is 92.2 Å². The van der Waals surface area contributed by atoms with E-state index in [0.29, 0.717) is 32.8 Å². The zero-order valence-electron chi connectivity index (χ0n) is 13.4. The minimum atomic E-state index is -0.481.